The number of carbonyl (C=O) groups excluding carboxylic acids is 3. The first-order valence-electron chi connectivity index (χ1n) is 8.90. The van der Waals surface area contributed by atoms with Crippen LogP contribution in [0.3, 0.4) is 0 Å². The van der Waals surface area contributed by atoms with Crippen molar-refractivity contribution >= 4 is 23.5 Å². The van der Waals surface area contributed by atoms with E-state index in [-0.39, 0.29) is 18.4 Å². The van der Waals surface area contributed by atoms with Crippen molar-refractivity contribution in [1.82, 2.24) is 4.90 Å². The normalized spacial score (nSPS) is 20.7. The molecule has 0 saturated carbocycles. The second-order valence-corrected chi connectivity index (χ2v) is 6.83. The highest BCUT2D eigenvalue weighted by Gasteiger charge is 2.27. The monoisotopic (exact) mass is 344 g/mol. The van der Waals surface area contributed by atoms with Gasteiger partial charge in [0, 0.05) is 26.1 Å². The van der Waals surface area contributed by atoms with Crippen molar-refractivity contribution in [3.05, 3.63) is 29.8 Å². The number of hydrogen-bond donors (Lipinski definition) is 0. The number of anilines is 1. The predicted molar refractivity (Wildman–Crippen MR) is 93.3 cm³/mol. The number of esters is 1. The van der Waals surface area contributed by atoms with Crippen LogP contribution < -0.4 is 4.90 Å². The summed E-state index contributed by atoms with van der Waals surface area (Å²) in [7, 11) is 0. The number of nitrogens with zero attached hydrogens (tertiary/aromatic N) is 2. The smallest absolute Gasteiger partial charge is 0.340 e. The van der Waals surface area contributed by atoms with Gasteiger partial charge in [0.1, 0.15) is 0 Å². The lowest BCUT2D eigenvalue weighted by Crippen LogP contribution is -2.41. The van der Waals surface area contributed by atoms with Crippen molar-refractivity contribution in [3.8, 4) is 0 Å². The Bertz CT molecular complexity index is 673. The van der Waals surface area contributed by atoms with E-state index in [1.54, 1.807) is 34.1 Å². The zero-order valence-electron chi connectivity index (χ0n) is 14.6. The van der Waals surface area contributed by atoms with Gasteiger partial charge in [-0.1, -0.05) is 19.1 Å². The Hall–Kier alpha value is -2.37. The molecule has 0 bridgehead atoms. The molecule has 2 aliphatic rings. The summed E-state index contributed by atoms with van der Waals surface area (Å²) in [5.74, 6) is -0.225. The molecule has 3 rings (SSSR count). The molecule has 2 heterocycles. The van der Waals surface area contributed by atoms with Crippen molar-refractivity contribution < 1.29 is 19.1 Å². The van der Waals surface area contributed by atoms with Gasteiger partial charge in [-0.3, -0.25) is 9.59 Å². The molecule has 0 N–H and O–H groups in total. The molecule has 2 fully saturated rings. The van der Waals surface area contributed by atoms with E-state index in [9.17, 15) is 14.4 Å². The van der Waals surface area contributed by atoms with Crippen LogP contribution in [0.1, 0.15) is 43.0 Å². The van der Waals surface area contributed by atoms with Gasteiger partial charge in [-0.05, 0) is 37.3 Å². The molecular weight excluding hydrogens is 320 g/mol. The van der Waals surface area contributed by atoms with Crippen molar-refractivity contribution in [2.24, 2.45) is 5.92 Å². The van der Waals surface area contributed by atoms with Gasteiger partial charge in [0.2, 0.25) is 5.91 Å². The zero-order chi connectivity index (χ0) is 17.8. The Morgan fingerprint density at radius 3 is 2.72 bits per heavy atom. The third-order valence-electron chi connectivity index (χ3n) is 4.82. The van der Waals surface area contributed by atoms with Gasteiger partial charge in [-0.15, -0.1) is 0 Å². The number of benzene rings is 1. The Morgan fingerprint density at radius 1 is 1.20 bits per heavy atom. The maximum Gasteiger partial charge on any atom is 0.340 e. The summed E-state index contributed by atoms with van der Waals surface area (Å²) in [6.45, 7) is 3.91. The van der Waals surface area contributed by atoms with Crippen molar-refractivity contribution in [2.45, 2.75) is 32.6 Å². The number of para-hydroxylation sites is 1. The van der Waals surface area contributed by atoms with Crippen molar-refractivity contribution in [1.29, 1.82) is 0 Å². The summed E-state index contributed by atoms with van der Waals surface area (Å²) in [5.41, 5.74) is 0.895. The number of piperidine rings is 1. The molecule has 0 spiro atoms. The highest BCUT2D eigenvalue weighted by Crippen LogP contribution is 2.26. The molecule has 0 aromatic heterocycles. The fourth-order valence-corrected chi connectivity index (χ4v) is 3.50. The average molecular weight is 344 g/mol. The van der Waals surface area contributed by atoms with E-state index in [0.717, 1.165) is 32.4 Å². The fourth-order valence-electron chi connectivity index (χ4n) is 3.50. The number of rotatable bonds is 4. The molecule has 1 aromatic carbocycles. The van der Waals surface area contributed by atoms with Gasteiger partial charge >= 0.3 is 5.97 Å². The predicted octanol–water partition coefficient (Wildman–Crippen LogP) is 2.23. The van der Waals surface area contributed by atoms with Crippen LogP contribution >= 0.6 is 0 Å². The Kier molecular flexibility index (Phi) is 5.36. The highest BCUT2D eigenvalue weighted by atomic mass is 16.5. The van der Waals surface area contributed by atoms with Gasteiger partial charge < -0.3 is 14.5 Å². The second-order valence-electron chi connectivity index (χ2n) is 6.83. The van der Waals surface area contributed by atoms with E-state index < -0.39 is 5.97 Å². The summed E-state index contributed by atoms with van der Waals surface area (Å²) >= 11 is 0. The molecule has 1 atom stereocenters. The Labute approximate surface area is 147 Å². The number of hydrogen-bond acceptors (Lipinski definition) is 4. The molecule has 25 heavy (non-hydrogen) atoms. The van der Waals surface area contributed by atoms with Crippen molar-refractivity contribution in [2.75, 3.05) is 31.1 Å². The summed E-state index contributed by atoms with van der Waals surface area (Å²) in [6.07, 6.45) is 3.39. The molecule has 134 valence electrons. The molecule has 0 aliphatic carbocycles. The molecule has 1 aromatic rings. The van der Waals surface area contributed by atoms with E-state index in [2.05, 4.69) is 6.92 Å². The number of likely N-dealkylation sites (tertiary alicyclic amines) is 1. The standard InChI is InChI=1S/C19H24N2O4/c1-14-6-4-10-20(12-14)18(23)13-25-19(24)15-7-2-3-8-16(15)21-11-5-9-17(21)22/h2-3,7-8,14H,4-6,9-13H2,1H3/t14-/m1/s1. The summed E-state index contributed by atoms with van der Waals surface area (Å²) in [6, 6.07) is 6.90. The summed E-state index contributed by atoms with van der Waals surface area (Å²) in [4.78, 5) is 40.0. The summed E-state index contributed by atoms with van der Waals surface area (Å²) in [5, 5.41) is 0. The van der Waals surface area contributed by atoms with Gasteiger partial charge in [0.05, 0.1) is 11.3 Å². The van der Waals surface area contributed by atoms with Crippen LogP contribution in [0, 0.1) is 5.92 Å². The minimum absolute atomic E-state index is 0.0126. The Morgan fingerprint density at radius 2 is 2.00 bits per heavy atom. The maximum atomic E-state index is 12.4. The lowest BCUT2D eigenvalue weighted by Gasteiger charge is -2.30. The lowest BCUT2D eigenvalue weighted by atomic mass is 10.0. The zero-order valence-corrected chi connectivity index (χ0v) is 14.6. The Balaban J connectivity index is 1.64. The van der Waals surface area contributed by atoms with Gasteiger partial charge in [-0.2, -0.15) is 0 Å². The number of carbonyl (C=O) groups is 3. The summed E-state index contributed by atoms with van der Waals surface area (Å²) < 4.78 is 5.25. The minimum Gasteiger partial charge on any atom is -0.452 e. The molecule has 2 aliphatic heterocycles. The molecule has 2 amide bonds. The third-order valence-corrected chi connectivity index (χ3v) is 4.82. The van der Waals surface area contributed by atoms with Crippen LogP contribution in [0.25, 0.3) is 0 Å². The van der Waals surface area contributed by atoms with E-state index in [1.807, 2.05) is 0 Å². The molecule has 0 radical (unpaired) electrons. The molecule has 0 unspecified atom stereocenters. The fraction of sp³-hybridized carbons (Fsp3) is 0.526. The van der Waals surface area contributed by atoms with Gasteiger partial charge in [0.15, 0.2) is 6.61 Å². The van der Waals surface area contributed by atoms with Crippen LogP contribution in [0.15, 0.2) is 24.3 Å². The van der Waals surface area contributed by atoms with Crippen LogP contribution in [0.5, 0.6) is 0 Å². The topological polar surface area (TPSA) is 66.9 Å². The third kappa shape index (κ3) is 4.00. The van der Waals surface area contributed by atoms with Crippen LogP contribution in [-0.4, -0.2) is 48.9 Å². The van der Waals surface area contributed by atoms with E-state index in [1.165, 1.54) is 0 Å². The highest BCUT2D eigenvalue weighted by molar-refractivity contribution is 6.03. The van der Waals surface area contributed by atoms with Crippen LogP contribution in [-0.2, 0) is 14.3 Å². The SMILES string of the molecule is C[C@@H]1CCCN(C(=O)COC(=O)c2ccccc2N2CCCC2=O)C1. The number of amides is 2. The van der Waals surface area contributed by atoms with E-state index >= 15 is 0 Å². The quantitative estimate of drug-likeness (QED) is 0.786. The molecular formula is C19H24N2O4. The van der Waals surface area contributed by atoms with Gasteiger partial charge in [0.25, 0.3) is 5.91 Å². The largest absolute Gasteiger partial charge is 0.452 e. The molecule has 2 saturated heterocycles. The second kappa shape index (κ2) is 7.68. The maximum absolute atomic E-state index is 12.4. The molecule has 6 nitrogen and oxygen atoms in total. The van der Waals surface area contributed by atoms with Crippen molar-refractivity contribution in [3.63, 3.8) is 0 Å². The van der Waals surface area contributed by atoms with E-state index in [4.69, 9.17) is 4.74 Å². The first-order valence-corrected chi connectivity index (χ1v) is 8.90. The van der Waals surface area contributed by atoms with E-state index in [0.29, 0.717) is 30.1 Å². The van der Waals surface area contributed by atoms with Crippen LogP contribution in [0.2, 0.25) is 0 Å². The van der Waals surface area contributed by atoms with Gasteiger partial charge in [-0.25, -0.2) is 4.79 Å². The molecule has 6 heteroatoms. The first-order chi connectivity index (χ1) is 12.1. The van der Waals surface area contributed by atoms with Crippen LogP contribution in [0.4, 0.5) is 5.69 Å². The average Bonchev–Trinajstić information content (AvgIpc) is 3.05. The minimum atomic E-state index is -0.561. The lowest BCUT2D eigenvalue weighted by molar-refractivity contribution is -0.136. The first kappa shape index (κ1) is 17.5. The number of ether oxygens (including phenoxy) is 1.